The largest absolute Gasteiger partial charge is 0.481 e. The van der Waals surface area contributed by atoms with Crippen molar-refractivity contribution >= 4 is 23.4 Å². The van der Waals surface area contributed by atoms with E-state index in [4.69, 9.17) is 9.84 Å². The maximum absolute atomic E-state index is 11.8. The van der Waals surface area contributed by atoms with Crippen molar-refractivity contribution in [3.63, 3.8) is 0 Å². The minimum Gasteiger partial charge on any atom is -0.481 e. The van der Waals surface area contributed by atoms with Crippen LogP contribution in [0.25, 0.3) is 0 Å². The van der Waals surface area contributed by atoms with Gasteiger partial charge < -0.3 is 15.2 Å². The molecule has 0 bridgehead atoms. The van der Waals surface area contributed by atoms with Gasteiger partial charge in [-0.1, -0.05) is 18.2 Å². The lowest BCUT2D eigenvalue weighted by Gasteiger charge is -2.22. The topological polar surface area (TPSA) is 75.6 Å². The maximum atomic E-state index is 11.8. The van der Waals surface area contributed by atoms with Gasteiger partial charge in [-0.2, -0.15) is 0 Å². The monoisotopic (exact) mass is 325 g/mol. The third kappa shape index (κ3) is 8.46. The van der Waals surface area contributed by atoms with E-state index < -0.39 is 17.7 Å². The molecule has 6 heteroatoms. The van der Waals surface area contributed by atoms with E-state index >= 15 is 0 Å². The van der Waals surface area contributed by atoms with Crippen LogP contribution in [0.2, 0.25) is 0 Å². The third-order valence-corrected chi connectivity index (χ3v) is 3.58. The second kappa shape index (κ2) is 8.58. The van der Waals surface area contributed by atoms with Crippen molar-refractivity contribution in [1.82, 2.24) is 5.32 Å². The molecule has 0 aliphatic carbocycles. The Morgan fingerprint density at radius 2 is 2.18 bits per heavy atom. The molecule has 1 amide bonds. The lowest BCUT2D eigenvalue weighted by molar-refractivity contribution is -0.136. The summed E-state index contributed by atoms with van der Waals surface area (Å²) in [5.41, 5.74) is -0.562. The lowest BCUT2D eigenvalue weighted by Crippen LogP contribution is -2.38. The SMILES string of the molecule is CC(C)(C)OC(=O)NC(C=CCC(=O)O)CCc1cccs1. The number of amides is 1. The van der Waals surface area contributed by atoms with E-state index in [0.717, 1.165) is 6.42 Å². The Labute approximate surface area is 135 Å². The van der Waals surface area contributed by atoms with Gasteiger partial charge in [0.15, 0.2) is 0 Å². The summed E-state index contributed by atoms with van der Waals surface area (Å²) in [5.74, 6) is -0.898. The first-order valence-corrected chi connectivity index (χ1v) is 8.04. The van der Waals surface area contributed by atoms with E-state index in [-0.39, 0.29) is 12.5 Å². The molecule has 1 atom stereocenters. The smallest absolute Gasteiger partial charge is 0.408 e. The first kappa shape index (κ1) is 18.2. The molecule has 0 saturated carbocycles. The molecule has 2 N–H and O–H groups in total. The summed E-state index contributed by atoms with van der Waals surface area (Å²) in [6.07, 6.45) is 4.21. The number of hydrogen-bond acceptors (Lipinski definition) is 4. The Bertz CT molecular complexity index is 503. The zero-order valence-corrected chi connectivity index (χ0v) is 14.0. The van der Waals surface area contributed by atoms with Gasteiger partial charge in [0.05, 0.1) is 12.5 Å². The fourth-order valence-electron chi connectivity index (χ4n) is 1.76. The molecule has 122 valence electrons. The molecule has 1 aromatic rings. The van der Waals surface area contributed by atoms with E-state index in [1.165, 1.54) is 4.88 Å². The Morgan fingerprint density at radius 3 is 2.73 bits per heavy atom. The van der Waals surface area contributed by atoms with Crippen LogP contribution in [-0.2, 0) is 16.0 Å². The molecular formula is C16H23NO4S. The second-order valence-corrected chi connectivity index (χ2v) is 6.93. The van der Waals surface area contributed by atoms with Gasteiger partial charge in [-0.3, -0.25) is 4.79 Å². The van der Waals surface area contributed by atoms with Crippen molar-refractivity contribution in [2.24, 2.45) is 0 Å². The summed E-state index contributed by atoms with van der Waals surface area (Å²) in [6.45, 7) is 5.40. The highest BCUT2D eigenvalue weighted by molar-refractivity contribution is 7.09. The number of carboxylic acids is 1. The lowest BCUT2D eigenvalue weighted by atomic mass is 10.1. The van der Waals surface area contributed by atoms with Gasteiger partial charge in [-0.15, -0.1) is 11.3 Å². The standard InChI is InChI=1S/C16H23NO4S/c1-16(2,3)21-15(20)17-12(6-4-8-14(18)19)9-10-13-7-5-11-22-13/h4-7,11-12H,8-10H2,1-3H3,(H,17,20)(H,18,19). The summed E-state index contributed by atoms with van der Waals surface area (Å²) in [6, 6.07) is 3.77. The Kier molecular flexibility index (Phi) is 7.11. The number of aliphatic carboxylic acids is 1. The zero-order chi connectivity index (χ0) is 16.6. The average Bonchev–Trinajstić information content (AvgIpc) is 2.85. The van der Waals surface area contributed by atoms with Crippen molar-refractivity contribution in [3.05, 3.63) is 34.5 Å². The number of aryl methyl sites for hydroxylation is 1. The molecule has 0 aliphatic heterocycles. The Hall–Kier alpha value is -1.82. The van der Waals surface area contributed by atoms with Gasteiger partial charge in [0.1, 0.15) is 5.60 Å². The van der Waals surface area contributed by atoms with Crippen LogP contribution >= 0.6 is 11.3 Å². The van der Waals surface area contributed by atoms with Gasteiger partial charge in [0, 0.05) is 4.88 Å². The number of carbonyl (C=O) groups excluding carboxylic acids is 1. The van der Waals surface area contributed by atoms with Crippen LogP contribution in [0.4, 0.5) is 4.79 Å². The van der Waals surface area contributed by atoms with Crippen LogP contribution in [0, 0.1) is 0 Å². The second-order valence-electron chi connectivity index (χ2n) is 5.90. The van der Waals surface area contributed by atoms with Crippen molar-refractivity contribution in [3.8, 4) is 0 Å². The van der Waals surface area contributed by atoms with Gasteiger partial charge in [-0.25, -0.2) is 4.79 Å². The summed E-state index contributed by atoms with van der Waals surface area (Å²) < 4.78 is 5.24. The quantitative estimate of drug-likeness (QED) is 0.751. The van der Waals surface area contributed by atoms with Crippen LogP contribution in [0.1, 0.15) is 38.5 Å². The molecular weight excluding hydrogens is 302 g/mol. The van der Waals surface area contributed by atoms with E-state index in [2.05, 4.69) is 5.32 Å². The summed E-state index contributed by atoms with van der Waals surface area (Å²) in [5, 5.41) is 13.5. The van der Waals surface area contributed by atoms with E-state index in [9.17, 15) is 9.59 Å². The Balaban J connectivity index is 2.58. The van der Waals surface area contributed by atoms with Crippen LogP contribution in [0.3, 0.4) is 0 Å². The molecule has 0 fully saturated rings. The van der Waals surface area contributed by atoms with Gasteiger partial charge in [-0.05, 0) is 45.1 Å². The third-order valence-electron chi connectivity index (χ3n) is 2.64. The predicted octanol–water partition coefficient (Wildman–Crippen LogP) is 3.60. The van der Waals surface area contributed by atoms with Gasteiger partial charge in [0.2, 0.25) is 0 Å². The van der Waals surface area contributed by atoms with Crippen LogP contribution in [-0.4, -0.2) is 28.8 Å². The first-order chi connectivity index (χ1) is 10.3. The molecule has 1 aromatic heterocycles. The number of thiophene rings is 1. The molecule has 0 aromatic carbocycles. The number of carbonyl (C=O) groups is 2. The number of alkyl carbamates (subject to hydrolysis) is 1. The molecule has 0 spiro atoms. The zero-order valence-electron chi connectivity index (χ0n) is 13.2. The van der Waals surface area contributed by atoms with Gasteiger partial charge in [0.25, 0.3) is 0 Å². The van der Waals surface area contributed by atoms with E-state index in [1.807, 2.05) is 17.5 Å². The van der Waals surface area contributed by atoms with E-state index in [0.29, 0.717) is 6.42 Å². The summed E-state index contributed by atoms with van der Waals surface area (Å²) in [4.78, 5) is 23.6. The highest BCUT2D eigenvalue weighted by atomic mass is 32.1. The minimum absolute atomic E-state index is 0.0640. The molecule has 0 radical (unpaired) electrons. The predicted molar refractivity (Wildman–Crippen MR) is 87.2 cm³/mol. The first-order valence-electron chi connectivity index (χ1n) is 7.16. The highest BCUT2D eigenvalue weighted by Crippen LogP contribution is 2.13. The molecule has 5 nitrogen and oxygen atoms in total. The molecule has 1 heterocycles. The van der Waals surface area contributed by atoms with Crippen molar-refractivity contribution < 1.29 is 19.4 Å². The highest BCUT2D eigenvalue weighted by Gasteiger charge is 2.18. The van der Waals surface area contributed by atoms with Crippen LogP contribution in [0.5, 0.6) is 0 Å². The van der Waals surface area contributed by atoms with Crippen LogP contribution in [0.15, 0.2) is 29.7 Å². The summed E-state index contributed by atoms with van der Waals surface area (Å²) in [7, 11) is 0. The summed E-state index contributed by atoms with van der Waals surface area (Å²) >= 11 is 1.66. The number of carboxylic acid groups (broad SMARTS) is 1. The van der Waals surface area contributed by atoms with E-state index in [1.54, 1.807) is 44.3 Å². The van der Waals surface area contributed by atoms with Gasteiger partial charge >= 0.3 is 12.1 Å². The average molecular weight is 325 g/mol. The molecule has 22 heavy (non-hydrogen) atoms. The minimum atomic E-state index is -0.898. The number of rotatable bonds is 7. The molecule has 0 saturated heterocycles. The molecule has 1 rings (SSSR count). The Morgan fingerprint density at radius 1 is 1.45 bits per heavy atom. The molecule has 0 aliphatic rings. The fraction of sp³-hybridized carbons (Fsp3) is 0.500. The number of hydrogen-bond donors (Lipinski definition) is 2. The van der Waals surface area contributed by atoms with Crippen molar-refractivity contribution in [2.75, 3.05) is 0 Å². The number of ether oxygens (including phenoxy) is 1. The fourth-order valence-corrected chi connectivity index (χ4v) is 2.49. The van der Waals surface area contributed by atoms with Crippen molar-refractivity contribution in [2.45, 2.75) is 51.7 Å². The normalized spacial score (nSPS) is 13.0. The van der Waals surface area contributed by atoms with Crippen molar-refractivity contribution in [1.29, 1.82) is 0 Å². The number of nitrogens with one attached hydrogen (secondary N) is 1. The maximum Gasteiger partial charge on any atom is 0.408 e. The van der Waals surface area contributed by atoms with Crippen LogP contribution < -0.4 is 5.32 Å². The molecule has 1 unspecified atom stereocenters.